The summed E-state index contributed by atoms with van der Waals surface area (Å²) in [5.41, 5.74) is 2.00. The number of thioether (sulfide) groups is 1. The summed E-state index contributed by atoms with van der Waals surface area (Å²) in [6.45, 7) is 0.602. The molecule has 0 fully saturated rings. The van der Waals surface area contributed by atoms with Gasteiger partial charge in [0.1, 0.15) is 5.82 Å². The van der Waals surface area contributed by atoms with E-state index in [0.29, 0.717) is 34.7 Å². The Bertz CT molecular complexity index is 1310. The van der Waals surface area contributed by atoms with Crippen molar-refractivity contribution in [1.29, 1.82) is 0 Å². The van der Waals surface area contributed by atoms with E-state index in [1.807, 2.05) is 18.2 Å². The van der Waals surface area contributed by atoms with Crippen molar-refractivity contribution in [1.82, 2.24) is 19.4 Å². The summed E-state index contributed by atoms with van der Waals surface area (Å²) in [6.07, 6.45) is 3.38. The molecule has 2 heterocycles. The molecule has 0 radical (unpaired) electrons. The van der Waals surface area contributed by atoms with Crippen LogP contribution >= 0.6 is 11.8 Å². The molecule has 0 saturated heterocycles. The van der Waals surface area contributed by atoms with Crippen molar-refractivity contribution in [2.75, 3.05) is 12.8 Å². The summed E-state index contributed by atoms with van der Waals surface area (Å²) in [6, 6.07) is 17.0. The normalized spacial score (nSPS) is 10.9. The van der Waals surface area contributed by atoms with Gasteiger partial charge in [0.05, 0.1) is 23.2 Å². The van der Waals surface area contributed by atoms with Crippen molar-refractivity contribution in [3.8, 4) is 0 Å². The average Bonchev–Trinajstić information content (AvgIpc) is 2.80. The number of rotatable bonds is 7. The van der Waals surface area contributed by atoms with E-state index in [2.05, 4.69) is 9.97 Å². The minimum absolute atomic E-state index is 0.101. The quantitative estimate of drug-likeness (QED) is 0.318. The van der Waals surface area contributed by atoms with Gasteiger partial charge in [-0.05, 0) is 41.5 Å². The SMILES string of the molecule is CN(Cc1cccc(F)c1)C(=O)CSc1nc2ccccc2c(=O)n1Cc1cccnc1. The molecular weight excluding hydrogens is 427 g/mol. The summed E-state index contributed by atoms with van der Waals surface area (Å²) in [4.78, 5) is 36.2. The van der Waals surface area contributed by atoms with Gasteiger partial charge >= 0.3 is 0 Å². The summed E-state index contributed by atoms with van der Waals surface area (Å²) >= 11 is 1.21. The lowest BCUT2D eigenvalue weighted by Crippen LogP contribution is -2.29. The van der Waals surface area contributed by atoms with Gasteiger partial charge in [-0.2, -0.15) is 0 Å². The van der Waals surface area contributed by atoms with E-state index in [1.54, 1.807) is 54.3 Å². The minimum atomic E-state index is -0.336. The Morgan fingerprint density at radius 1 is 1.09 bits per heavy atom. The van der Waals surface area contributed by atoms with Crippen LogP contribution < -0.4 is 5.56 Å². The molecule has 8 heteroatoms. The van der Waals surface area contributed by atoms with E-state index >= 15 is 0 Å². The molecule has 0 unspecified atom stereocenters. The van der Waals surface area contributed by atoms with E-state index in [1.165, 1.54) is 28.8 Å². The highest BCUT2D eigenvalue weighted by atomic mass is 32.2. The predicted octanol–water partition coefficient (Wildman–Crippen LogP) is 3.73. The number of carbonyl (C=O) groups excluding carboxylic acids is 1. The van der Waals surface area contributed by atoms with Crippen LogP contribution in [0.3, 0.4) is 0 Å². The number of hydrogen-bond acceptors (Lipinski definition) is 5. The first-order valence-corrected chi connectivity index (χ1v) is 11.0. The average molecular weight is 449 g/mol. The molecular formula is C24H21FN4O2S. The third kappa shape index (κ3) is 5.03. The molecule has 32 heavy (non-hydrogen) atoms. The molecule has 6 nitrogen and oxygen atoms in total. The van der Waals surface area contributed by atoms with Crippen LogP contribution in [0.4, 0.5) is 4.39 Å². The third-order valence-corrected chi connectivity index (χ3v) is 5.91. The van der Waals surface area contributed by atoms with Gasteiger partial charge in [0.2, 0.25) is 5.91 Å². The monoisotopic (exact) mass is 448 g/mol. The highest BCUT2D eigenvalue weighted by Crippen LogP contribution is 2.20. The molecule has 0 aliphatic carbocycles. The van der Waals surface area contributed by atoms with Crippen LogP contribution in [0.2, 0.25) is 0 Å². The van der Waals surface area contributed by atoms with Crippen LogP contribution in [0.15, 0.2) is 83.0 Å². The van der Waals surface area contributed by atoms with Crippen LogP contribution in [0.25, 0.3) is 10.9 Å². The highest BCUT2D eigenvalue weighted by molar-refractivity contribution is 7.99. The van der Waals surface area contributed by atoms with Gasteiger partial charge < -0.3 is 4.90 Å². The molecule has 1 amide bonds. The molecule has 0 aliphatic heterocycles. The second-order valence-electron chi connectivity index (χ2n) is 7.33. The molecule has 0 bridgehead atoms. The number of halogens is 1. The second-order valence-corrected chi connectivity index (χ2v) is 8.27. The smallest absolute Gasteiger partial charge is 0.262 e. The van der Waals surface area contributed by atoms with Gasteiger partial charge in [-0.1, -0.05) is 42.1 Å². The van der Waals surface area contributed by atoms with Crippen molar-refractivity contribution < 1.29 is 9.18 Å². The first-order chi connectivity index (χ1) is 15.5. The van der Waals surface area contributed by atoms with Gasteiger partial charge in [-0.15, -0.1) is 0 Å². The largest absolute Gasteiger partial charge is 0.341 e. The fourth-order valence-corrected chi connectivity index (χ4v) is 4.24. The number of fused-ring (bicyclic) bond motifs is 1. The Balaban J connectivity index is 1.56. The van der Waals surface area contributed by atoms with Crippen molar-refractivity contribution in [2.24, 2.45) is 0 Å². The van der Waals surface area contributed by atoms with Crippen molar-refractivity contribution >= 4 is 28.6 Å². The zero-order chi connectivity index (χ0) is 22.5. The predicted molar refractivity (Wildman–Crippen MR) is 123 cm³/mol. The Morgan fingerprint density at radius 2 is 1.91 bits per heavy atom. The van der Waals surface area contributed by atoms with Crippen LogP contribution in [-0.4, -0.2) is 38.1 Å². The number of aromatic nitrogens is 3. The van der Waals surface area contributed by atoms with Crippen LogP contribution in [0.1, 0.15) is 11.1 Å². The summed E-state index contributed by atoms with van der Waals surface area (Å²) in [7, 11) is 1.67. The topological polar surface area (TPSA) is 68.1 Å². The Hall–Kier alpha value is -3.52. The number of amides is 1. The van der Waals surface area contributed by atoms with Crippen LogP contribution in [0, 0.1) is 5.82 Å². The maximum atomic E-state index is 13.4. The zero-order valence-corrected chi connectivity index (χ0v) is 18.3. The van der Waals surface area contributed by atoms with Crippen LogP contribution in [-0.2, 0) is 17.9 Å². The minimum Gasteiger partial charge on any atom is -0.341 e. The number of carbonyl (C=O) groups is 1. The molecule has 2 aromatic carbocycles. The van der Waals surface area contributed by atoms with Gasteiger partial charge in [0.15, 0.2) is 5.16 Å². The fourth-order valence-electron chi connectivity index (χ4n) is 3.31. The molecule has 4 aromatic rings. The molecule has 0 N–H and O–H groups in total. The molecule has 2 aromatic heterocycles. The first kappa shape index (κ1) is 21.7. The van der Waals surface area contributed by atoms with Crippen molar-refractivity contribution in [2.45, 2.75) is 18.2 Å². The Labute approximate surface area is 188 Å². The molecule has 0 saturated carbocycles. The van der Waals surface area contributed by atoms with E-state index in [0.717, 1.165) is 5.56 Å². The third-order valence-electron chi connectivity index (χ3n) is 4.95. The summed E-state index contributed by atoms with van der Waals surface area (Å²) in [5.74, 6) is -0.379. The van der Waals surface area contributed by atoms with Gasteiger partial charge in [-0.3, -0.25) is 19.1 Å². The highest BCUT2D eigenvalue weighted by Gasteiger charge is 2.16. The molecule has 4 rings (SSSR count). The van der Waals surface area contributed by atoms with E-state index < -0.39 is 0 Å². The van der Waals surface area contributed by atoms with Gasteiger partial charge in [-0.25, -0.2) is 9.37 Å². The number of benzene rings is 2. The summed E-state index contributed by atoms with van der Waals surface area (Å²) in [5, 5.41) is 0.986. The number of nitrogens with zero attached hydrogens (tertiary/aromatic N) is 4. The number of para-hydroxylation sites is 1. The van der Waals surface area contributed by atoms with E-state index in [4.69, 9.17) is 0 Å². The Morgan fingerprint density at radius 3 is 2.69 bits per heavy atom. The molecule has 0 atom stereocenters. The molecule has 0 aliphatic rings. The van der Waals surface area contributed by atoms with E-state index in [-0.39, 0.29) is 23.0 Å². The second kappa shape index (κ2) is 9.74. The van der Waals surface area contributed by atoms with Gasteiger partial charge in [0.25, 0.3) is 5.56 Å². The first-order valence-electron chi connectivity index (χ1n) is 10.0. The number of pyridine rings is 1. The van der Waals surface area contributed by atoms with Crippen molar-refractivity contribution in [3.05, 3.63) is 100 Å². The fraction of sp³-hybridized carbons (Fsp3) is 0.167. The lowest BCUT2D eigenvalue weighted by molar-refractivity contribution is -0.127. The van der Waals surface area contributed by atoms with Crippen LogP contribution in [0.5, 0.6) is 0 Å². The standard InChI is InChI=1S/C24H21FN4O2S/c1-28(14-17-6-4-8-19(25)12-17)22(30)16-32-24-27-21-10-3-2-9-20(21)23(31)29(24)15-18-7-5-11-26-13-18/h2-13H,14-16H2,1H3. The number of hydrogen-bond donors (Lipinski definition) is 0. The zero-order valence-electron chi connectivity index (χ0n) is 17.4. The van der Waals surface area contributed by atoms with Crippen molar-refractivity contribution in [3.63, 3.8) is 0 Å². The van der Waals surface area contributed by atoms with E-state index in [9.17, 15) is 14.0 Å². The molecule has 162 valence electrons. The Kier molecular flexibility index (Phi) is 6.61. The lowest BCUT2D eigenvalue weighted by atomic mass is 10.2. The maximum Gasteiger partial charge on any atom is 0.262 e. The molecule has 0 spiro atoms. The van der Waals surface area contributed by atoms with Gasteiger partial charge in [0, 0.05) is 26.0 Å². The lowest BCUT2D eigenvalue weighted by Gasteiger charge is -2.18. The summed E-state index contributed by atoms with van der Waals surface area (Å²) < 4.78 is 15.0. The maximum absolute atomic E-state index is 13.4.